The minimum Gasteiger partial charge on any atom is -0.505 e. The second-order valence-electron chi connectivity index (χ2n) is 25.8. The van der Waals surface area contributed by atoms with Gasteiger partial charge in [0, 0.05) is 44.8 Å². The van der Waals surface area contributed by atoms with Crippen molar-refractivity contribution in [2.24, 2.45) is 66.8 Å². The normalized spacial score (nSPS) is 22.9. The number of guanidine groups is 3. The van der Waals surface area contributed by atoms with Crippen LogP contribution in [0.3, 0.4) is 0 Å². The van der Waals surface area contributed by atoms with Gasteiger partial charge in [-0.25, -0.2) is 4.39 Å². The summed E-state index contributed by atoms with van der Waals surface area (Å²) >= 11 is 0.753. The maximum Gasteiger partial charge on any atom is 0.305 e. The number of benzene rings is 2. The largest absolute Gasteiger partial charge is 0.505 e. The lowest BCUT2D eigenvalue weighted by Gasteiger charge is -2.31. The highest BCUT2D eigenvalue weighted by atomic mass is 32.2. The highest BCUT2D eigenvalue weighted by molar-refractivity contribution is 8.00. The third-order valence-corrected chi connectivity index (χ3v) is 17.6. The number of carboxylic acids is 1. The van der Waals surface area contributed by atoms with Crippen LogP contribution in [-0.4, -0.2) is 233 Å². The summed E-state index contributed by atoms with van der Waals surface area (Å²) in [5, 5.41) is 47.6. The van der Waals surface area contributed by atoms with Crippen molar-refractivity contribution in [3.63, 3.8) is 0 Å². The van der Waals surface area contributed by atoms with E-state index in [1.54, 1.807) is 44.2 Å². The Morgan fingerprint density at radius 3 is 1.57 bits per heavy atom. The molecule has 0 aromatic heterocycles. The predicted molar refractivity (Wildman–Crippen MR) is 391 cm³/mol. The van der Waals surface area contributed by atoms with E-state index in [9.17, 15) is 72.1 Å². The Hall–Kier alpha value is -11.1. The Morgan fingerprint density at radius 1 is 0.542 bits per heavy atom. The molecule has 0 radical (unpaired) electrons. The van der Waals surface area contributed by atoms with Crippen LogP contribution in [0.2, 0.25) is 0 Å². The molecule has 0 aliphatic carbocycles. The van der Waals surface area contributed by atoms with Crippen LogP contribution in [0, 0.1) is 11.7 Å². The van der Waals surface area contributed by atoms with E-state index >= 15 is 9.59 Å². The number of carboxylic acid groups (broad SMARTS) is 1. The standard InChI is InChI=1S/C66H102FN23O16S/c1-35(2)26-43-58(101)84-41(16-9-23-77-65(72)73)57(100)88-45(28-36-12-4-3-5-13-36)60(103)86-42(17-10-24-78-66(74)75)63(106)90-25-11-18-48(90)62(105)85-40(14-6-7-21-68)56(99)89-46(30-53(95)96)61(104)83-39(15-8-22-76-64(70)71)55(98)80-31-50(92)79-32-51(93)82-47(54(69)97)33-107-34-52(94)81-44(59(102)87-43)29-37-19-20-49(91)38(67)27-37/h3-5,12-13,19-20,27,35,39-48,91H,6-11,14-18,21-26,28-34,68H2,1-2H3,(H2,69,97)(H,79,92)(H,80,98)(H,81,94)(H,82,93)(H,83,104)(H,84,101)(H,85,105)(H,86,103)(H,87,102)(H,88,100)(H,89,99)(H,95,96)(H4,70,71,76)(H4,72,73,77)(H4,74,75,78)/t39-,40-,41-,42-,43-,44-,45-,46-,47-,48-/m0/s1. The van der Waals surface area contributed by atoms with E-state index in [1.807, 2.05) is 0 Å². The Bertz CT molecular complexity index is 3510. The molecule has 107 heavy (non-hydrogen) atoms. The van der Waals surface area contributed by atoms with Crippen LogP contribution in [0.1, 0.15) is 108 Å². The molecule has 13 amide bonds. The highest BCUT2D eigenvalue weighted by Gasteiger charge is 2.41. The zero-order valence-electron chi connectivity index (χ0n) is 59.7. The number of phenols is 1. The molecular formula is C66H102FN23O16S. The number of nitrogens with two attached hydrogens (primary N) is 8. The van der Waals surface area contributed by atoms with Crippen LogP contribution < -0.4 is 104 Å². The number of unbranched alkanes of at least 4 members (excludes halogenated alkanes) is 1. The maximum atomic E-state index is 15.1. The molecule has 2 aromatic rings. The van der Waals surface area contributed by atoms with Gasteiger partial charge in [-0.2, -0.15) is 0 Å². The quantitative estimate of drug-likeness (QED) is 0.0249. The maximum absolute atomic E-state index is 15.1. The molecule has 39 nitrogen and oxygen atoms in total. The fourth-order valence-corrected chi connectivity index (χ4v) is 12.1. The van der Waals surface area contributed by atoms with Crippen molar-refractivity contribution >= 4 is 112 Å². The SMILES string of the molecule is CC(C)C[C@@H]1NC(=O)[C@H](Cc2ccc(O)c(F)c2)NC(=O)CSC[C@@H](C(N)=O)NC(=O)CNC(=O)CNC(=O)[C@H](CCCN=C(N)N)NC(=O)[C@H](CC(=O)O)NC(=O)[C@H](CCCCN)NC(=O)[C@@H]2CCCN2C(=O)[C@H](CCCN=C(N)N)NC(=O)[C@H](Cc2ccccc2)NC(=O)[C@H](CCCN=C(N)N)NC1=O. The first-order valence-corrected chi connectivity index (χ1v) is 35.9. The van der Waals surface area contributed by atoms with Gasteiger partial charge in [0.05, 0.1) is 25.3 Å². The molecule has 29 N–H and O–H groups in total. The number of primary amides is 1. The van der Waals surface area contributed by atoms with E-state index in [0.29, 0.717) is 12.0 Å². The number of hydrogen-bond donors (Lipinski definition) is 21. The monoisotopic (exact) mass is 1520 g/mol. The van der Waals surface area contributed by atoms with Gasteiger partial charge in [-0.1, -0.05) is 50.2 Å². The van der Waals surface area contributed by atoms with Crippen LogP contribution in [0.25, 0.3) is 0 Å². The first-order chi connectivity index (χ1) is 50.7. The first-order valence-electron chi connectivity index (χ1n) is 34.8. The average molecular weight is 1520 g/mol. The number of aliphatic carboxylic acids is 1. The van der Waals surface area contributed by atoms with E-state index in [2.05, 4.69) is 73.5 Å². The number of carbonyl (C=O) groups excluding carboxylic acids is 13. The van der Waals surface area contributed by atoms with Gasteiger partial charge in [0.25, 0.3) is 0 Å². The third kappa shape index (κ3) is 32.8. The van der Waals surface area contributed by atoms with E-state index in [-0.39, 0.29) is 145 Å². The Kier molecular flexibility index (Phi) is 37.9. The summed E-state index contributed by atoms with van der Waals surface area (Å²) in [6.07, 6.45) is -1.70. The van der Waals surface area contributed by atoms with Gasteiger partial charge < -0.3 is 119 Å². The second kappa shape index (κ2) is 46.0. The zero-order valence-corrected chi connectivity index (χ0v) is 60.6. The van der Waals surface area contributed by atoms with E-state index in [0.717, 1.165) is 23.9 Å². The smallest absolute Gasteiger partial charge is 0.305 e. The summed E-state index contributed by atoms with van der Waals surface area (Å²) in [5.41, 5.74) is 45.5. The minimum absolute atomic E-state index is 0.00241. The number of phenolic OH excluding ortho intramolecular Hbond substituents is 1. The van der Waals surface area contributed by atoms with Crippen LogP contribution >= 0.6 is 11.8 Å². The average Bonchev–Trinajstić information content (AvgIpc) is 1.68. The summed E-state index contributed by atoms with van der Waals surface area (Å²) in [6, 6.07) is -3.89. The predicted octanol–water partition coefficient (Wildman–Crippen LogP) is -7.05. The number of aromatic hydroxyl groups is 1. The topological polar surface area (TPSA) is 660 Å². The summed E-state index contributed by atoms with van der Waals surface area (Å²) in [4.78, 5) is 209. The molecule has 10 atom stereocenters. The number of carbonyl (C=O) groups is 14. The number of hydrogen-bond acceptors (Lipinski definition) is 20. The zero-order chi connectivity index (χ0) is 79.3. The lowest BCUT2D eigenvalue weighted by Crippen LogP contribution is -2.60. The Morgan fingerprint density at radius 2 is 1.02 bits per heavy atom. The van der Waals surface area contributed by atoms with Gasteiger partial charge in [0.1, 0.15) is 60.4 Å². The summed E-state index contributed by atoms with van der Waals surface area (Å²) < 4.78 is 14.8. The van der Waals surface area contributed by atoms with Gasteiger partial charge in [-0.05, 0) is 113 Å². The second-order valence-corrected chi connectivity index (χ2v) is 26.8. The molecule has 2 aromatic carbocycles. The molecule has 0 unspecified atom stereocenters. The number of aliphatic imine (C=N–C) groups is 3. The number of fused-ring (bicyclic) bond motifs is 1. The molecule has 2 heterocycles. The Labute approximate surface area is 621 Å². The third-order valence-electron chi connectivity index (χ3n) is 16.6. The van der Waals surface area contributed by atoms with Crippen molar-refractivity contribution < 1.29 is 81.7 Å². The van der Waals surface area contributed by atoms with Crippen LogP contribution in [0.5, 0.6) is 5.75 Å². The van der Waals surface area contributed by atoms with Crippen LogP contribution in [-0.2, 0) is 80.0 Å². The van der Waals surface area contributed by atoms with Crippen molar-refractivity contribution in [1.82, 2.24) is 63.4 Å². The Balaban J connectivity index is 1.86. The molecule has 0 saturated carbocycles. The van der Waals surface area contributed by atoms with Crippen LogP contribution in [0.4, 0.5) is 4.39 Å². The molecule has 2 fully saturated rings. The fourth-order valence-electron chi connectivity index (χ4n) is 11.2. The molecule has 4 rings (SSSR count). The lowest BCUT2D eigenvalue weighted by atomic mass is 10.00. The molecule has 2 aliphatic rings. The summed E-state index contributed by atoms with van der Waals surface area (Å²) in [6.45, 7) is 1.70. The van der Waals surface area contributed by atoms with Gasteiger partial charge in [-0.3, -0.25) is 82.1 Å². The fraction of sp³-hybridized carbons (Fsp3) is 0.561. The van der Waals surface area contributed by atoms with E-state index in [1.165, 1.54) is 11.0 Å². The van der Waals surface area contributed by atoms with E-state index in [4.69, 9.17) is 45.9 Å². The van der Waals surface area contributed by atoms with Crippen molar-refractivity contribution in [3.05, 3.63) is 65.5 Å². The molecule has 0 bridgehead atoms. The molecule has 41 heteroatoms. The number of halogens is 1. The number of amides is 13. The summed E-state index contributed by atoms with van der Waals surface area (Å²) in [7, 11) is 0. The van der Waals surface area contributed by atoms with Crippen molar-refractivity contribution in [3.8, 4) is 5.75 Å². The molecule has 2 aliphatic heterocycles. The molecule has 2 saturated heterocycles. The van der Waals surface area contributed by atoms with Gasteiger partial charge >= 0.3 is 5.97 Å². The molecule has 0 spiro atoms. The van der Waals surface area contributed by atoms with Gasteiger partial charge in [0.15, 0.2) is 29.4 Å². The highest BCUT2D eigenvalue weighted by Crippen LogP contribution is 2.22. The van der Waals surface area contributed by atoms with Gasteiger partial charge in [0.2, 0.25) is 76.8 Å². The first kappa shape index (κ1) is 88.3. The molecular weight excluding hydrogens is 1420 g/mol. The number of nitrogens with one attached hydrogen (secondary N) is 11. The summed E-state index contributed by atoms with van der Waals surface area (Å²) in [5.74, 6) is -18.2. The number of thioether (sulfide) groups is 1. The number of nitrogens with zero attached hydrogens (tertiary/aromatic N) is 4. The number of rotatable bonds is 25. The minimum atomic E-state index is -1.93. The van der Waals surface area contributed by atoms with Crippen LogP contribution in [0.15, 0.2) is 63.5 Å². The molecule has 590 valence electrons. The van der Waals surface area contributed by atoms with E-state index < -0.39 is 186 Å². The van der Waals surface area contributed by atoms with Crippen molar-refractivity contribution in [2.75, 3.05) is 57.3 Å². The van der Waals surface area contributed by atoms with Crippen molar-refractivity contribution in [1.29, 1.82) is 0 Å². The van der Waals surface area contributed by atoms with Crippen molar-refractivity contribution in [2.45, 2.75) is 171 Å². The lowest BCUT2D eigenvalue weighted by molar-refractivity contribution is -0.143. The van der Waals surface area contributed by atoms with Gasteiger partial charge in [-0.15, -0.1) is 11.8 Å².